The Balaban J connectivity index is 1.69. The highest BCUT2D eigenvalue weighted by Gasteiger charge is 2.44. The van der Waals surface area contributed by atoms with Gasteiger partial charge in [-0.15, -0.1) is 0 Å². The molecular weight excluding hydrogens is 408 g/mol. The Morgan fingerprint density at radius 3 is 2.31 bits per heavy atom. The molecule has 2 aliphatic heterocycles. The summed E-state index contributed by atoms with van der Waals surface area (Å²) in [5.41, 5.74) is 0.995. The molecule has 7 heteroatoms. The van der Waals surface area contributed by atoms with E-state index in [-0.39, 0.29) is 22.3 Å². The Bertz CT molecular complexity index is 1470. The van der Waals surface area contributed by atoms with Crippen molar-refractivity contribution in [3.63, 3.8) is 0 Å². The van der Waals surface area contributed by atoms with Gasteiger partial charge in [0, 0.05) is 12.0 Å². The number of benzene rings is 2. The second-order valence-electron chi connectivity index (χ2n) is 9.42. The number of carbonyl (C=O) groups is 1. The maximum atomic E-state index is 13.7. The Morgan fingerprint density at radius 1 is 0.875 bits per heavy atom. The van der Waals surface area contributed by atoms with Crippen LogP contribution in [0, 0.1) is 5.41 Å². The van der Waals surface area contributed by atoms with Gasteiger partial charge < -0.3 is 9.47 Å². The number of hydrogen-bond donors (Lipinski definition) is 0. The summed E-state index contributed by atoms with van der Waals surface area (Å²) in [5, 5.41) is 0.710. The summed E-state index contributed by atoms with van der Waals surface area (Å²) in [6.45, 7) is 4.94. The van der Waals surface area contributed by atoms with Crippen LogP contribution >= 0.6 is 0 Å². The van der Waals surface area contributed by atoms with Crippen molar-refractivity contribution in [2.24, 2.45) is 5.41 Å². The van der Waals surface area contributed by atoms with Crippen molar-refractivity contribution in [2.75, 3.05) is 13.2 Å². The van der Waals surface area contributed by atoms with Gasteiger partial charge in [-0.25, -0.2) is 9.36 Å². The monoisotopic (exact) mass is 430 g/mol. The molecule has 32 heavy (non-hydrogen) atoms. The van der Waals surface area contributed by atoms with E-state index in [0.29, 0.717) is 59.6 Å². The van der Waals surface area contributed by atoms with Gasteiger partial charge in [-0.05, 0) is 41.7 Å². The number of carbonyl (C=O) groups excluding carboxylic acids is 1. The van der Waals surface area contributed by atoms with E-state index in [1.54, 1.807) is 30.3 Å². The van der Waals surface area contributed by atoms with Crippen molar-refractivity contribution >= 4 is 22.3 Å². The normalized spacial score (nSPS) is 20.9. The molecule has 3 heterocycles. The van der Waals surface area contributed by atoms with Crippen LogP contribution in [0.3, 0.4) is 0 Å². The molecular formula is C25H22N2O5. The maximum absolute atomic E-state index is 13.7. The van der Waals surface area contributed by atoms with Crippen LogP contribution in [0.25, 0.3) is 16.5 Å². The van der Waals surface area contributed by atoms with Crippen molar-refractivity contribution in [1.82, 2.24) is 9.36 Å². The molecule has 3 aliphatic rings. The van der Waals surface area contributed by atoms with E-state index in [2.05, 4.69) is 0 Å². The second kappa shape index (κ2) is 6.45. The molecule has 2 aromatic carbocycles. The summed E-state index contributed by atoms with van der Waals surface area (Å²) in [6.07, 6.45) is 0.900. The molecule has 0 saturated carbocycles. The first-order valence-corrected chi connectivity index (χ1v) is 10.8. The molecule has 1 aromatic heterocycles. The van der Waals surface area contributed by atoms with Gasteiger partial charge in [0.05, 0.1) is 16.5 Å². The van der Waals surface area contributed by atoms with Crippen LogP contribution in [0.1, 0.15) is 38.3 Å². The fraction of sp³-hybridized carbons (Fsp3) is 0.320. The number of ketones is 1. The third kappa shape index (κ3) is 2.57. The van der Waals surface area contributed by atoms with Crippen LogP contribution in [0.15, 0.2) is 57.6 Å². The van der Waals surface area contributed by atoms with Crippen molar-refractivity contribution in [1.29, 1.82) is 0 Å². The van der Waals surface area contributed by atoms with Crippen molar-refractivity contribution < 1.29 is 14.3 Å². The molecule has 1 aliphatic carbocycles. The van der Waals surface area contributed by atoms with Gasteiger partial charge in [-0.2, -0.15) is 0 Å². The first-order valence-electron chi connectivity index (χ1n) is 10.8. The number of aromatic nitrogens is 2. The van der Waals surface area contributed by atoms with Crippen LogP contribution in [-0.2, 0) is 4.79 Å². The maximum Gasteiger partial charge on any atom is 0.277 e. The number of nitrogens with zero attached hydrogens (tertiary/aromatic N) is 2. The SMILES string of the molecule is CC1(C)CC(=O)C2=C(C1)n1c(=O)c3ccccc3c(=O)n1C2c1ccc2c(c1)OCCO2. The highest BCUT2D eigenvalue weighted by atomic mass is 16.6. The molecule has 0 spiro atoms. The van der Waals surface area contributed by atoms with Gasteiger partial charge in [0.15, 0.2) is 17.3 Å². The largest absolute Gasteiger partial charge is 0.486 e. The molecule has 0 N–H and O–H groups in total. The van der Waals surface area contributed by atoms with Gasteiger partial charge >= 0.3 is 0 Å². The zero-order chi connectivity index (χ0) is 22.2. The third-order valence-electron chi connectivity index (χ3n) is 6.56. The molecule has 1 atom stereocenters. The lowest BCUT2D eigenvalue weighted by atomic mass is 9.74. The van der Waals surface area contributed by atoms with Crippen LogP contribution in [0.2, 0.25) is 0 Å². The van der Waals surface area contributed by atoms with Gasteiger partial charge in [-0.3, -0.25) is 14.4 Å². The van der Waals surface area contributed by atoms with Gasteiger partial charge in [0.1, 0.15) is 19.3 Å². The fourth-order valence-electron chi connectivity index (χ4n) is 5.23. The molecule has 0 fully saturated rings. The number of hydrogen-bond acceptors (Lipinski definition) is 5. The summed E-state index contributed by atoms with van der Waals surface area (Å²) in [4.78, 5) is 40.6. The number of allylic oxidation sites excluding steroid dienone is 2. The minimum absolute atomic E-state index is 0.0322. The van der Waals surface area contributed by atoms with Gasteiger partial charge in [0.25, 0.3) is 11.1 Å². The molecule has 6 rings (SSSR count). The molecule has 0 saturated heterocycles. The summed E-state index contributed by atoms with van der Waals surface area (Å²) in [7, 11) is 0. The van der Waals surface area contributed by atoms with E-state index in [4.69, 9.17) is 9.47 Å². The summed E-state index contributed by atoms with van der Waals surface area (Å²) >= 11 is 0. The molecule has 0 radical (unpaired) electrons. The second-order valence-corrected chi connectivity index (χ2v) is 9.42. The molecule has 162 valence electrons. The fourth-order valence-corrected chi connectivity index (χ4v) is 5.23. The predicted octanol–water partition coefficient (Wildman–Crippen LogP) is 3.14. The predicted molar refractivity (Wildman–Crippen MR) is 119 cm³/mol. The van der Waals surface area contributed by atoms with Crippen molar-refractivity contribution in [3.05, 3.63) is 74.3 Å². The minimum Gasteiger partial charge on any atom is -0.486 e. The minimum atomic E-state index is -0.686. The molecule has 7 nitrogen and oxygen atoms in total. The zero-order valence-corrected chi connectivity index (χ0v) is 17.9. The van der Waals surface area contributed by atoms with E-state index < -0.39 is 6.04 Å². The van der Waals surface area contributed by atoms with Crippen LogP contribution in [-0.4, -0.2) is 28.4 Å². The van der Waals surface area contributed by atoms with E-state index in [0.717, 1.165) is 5.56 Å². The number of ether oxygens (including phenoxy) is 2. The highest BCUT2D eigenvalue weighted by Crippen LogP contribution is 2.47. The molecule has 3 aromatic rings. The average molecular weight is 430 g/mol. The number of rotatable bonds is 1. The lowest BCUT2D eigenvalue weighted by Gasteiger charge is -2.30. The Morgan fingerprint density at radius 2 is 1.56 bits per heavy atom. The first-order chi connectivity index (χ1) is 15.4. The smallest absolute Gasteiger partial charge is 0.277 e. The summed E-state index contributed by atoms with van der Waals surface area (Å²) in [5.74, 6) is 1.18. The lowest BCUT2D eigenvalue weighted by Crippen LogP contribution is -2.37. The van der Waals surface area contributed by atoms with E-state index in [1.807, 2.05) is 26.0 Å². The first kappa shape index (κ1) is 19.1. The van der Waals surface area contributed by atoms with Crippen LogP contribution in [0.5, 0.6) is 11.5 Å². The topological polar surface area (TPSA) is 79.5 Å². The van der Waals surface area contributed by atoms with Crippen LogP contribution in [0.4, 0.5) is 0 Å². The molecule has 1 unspecified atom stereocenters. The van der Waals surface area contributed by atoms with E-state index in [9.17, 15) is 14.4 Å². The number of fused-ring (bicyclic) bond motifs is 4. The van der Waals surface area contributed by atoms with Crippen LogP contribution < -0.4 is 20.6 Å². The Hall–Kier alpha value is -3.61. The van der Waals surface area contributed by atoms with E-state index in [1.165, 1.54) is 9.36 Å². The summed E-state index contributed by atoms with van der Waals surface area (Å²) in [6, 6.07) is 11.6. The zero-order valence-electron chi connectivity index (χ0n) is 17.9. The number of Topliss-reactive ketones (excluding diaryl/α,β-unsaturated/α-hetero) is 1. The van der Waals surface area contributed by atoms with E-state index >= 15 is 0 Å². The standard InChI is InChI=1S/C25H22N2O5/c1-25(2)12-17-21(18(28)13-25)22(14-7-8-19-20(11-14)32-10-9-31-19)27-24(30)16-6-4-3-5-15(16)23(29)26(17)27/h3-8,11,22H,9-10,12-13H2,1-2H3. The summed E-state index contributed by atoms with van der Waals surface area (Å²) < 4.78 is 14.3. The molecule has 0 bridgehead atoms. The molecule has 0 amide bonds. The van der Waals surface area contributed by atoms with Gasteiger partial charge in [0.2, 0.25) is 0 Å². The van der Waals surface area contributed by atoms with Gasteiger partial charge in [-0.1, -0.05) is 32.0 Å². The van der Waals surface area contributed by atoms with Crippen molar-refractivity contribution in [3.8, 4) is 11.5 Å². The quantitative estimate of drug-likeness (QED) is 0.593. The Labute approximate surface area is 183 Å². The lowest BCUT2D eigenvalue weighted by molar-refractivity contribution is -0.118. The van der Waals surface area contributed by atoms with Crippen molar-refractivity contribution in [2.45, 2.75) is 32.7 Å². The third-order valence-corrected chi connectivity index (χ3v) is 6.56. The highest BCUT2D eigenvalue weighted by molar-refractivity contribution is 6.04. The Kier molecular flexibility index (Phi) is 3.85. The average Bonchev–Trinajstić information content (AvgIpc) is 3.12.